The van der Waals surface area contributed by atoms with E-state index in [1.165, 1.54) is 76.2 Å². The van der Waals surface area contributed by atoms with E-state index in [9.17, 15) is 21.0 Å². The van der Waals surface area contributed by atoms with Crippen molar-refractivity contribution in [1.82, 2.24) is 0 Å². The Morgan fingerprint density at radius 2 is 0.731 bits per heavy atom. The molecule has 0 saturated heterocycles. The first-order valence-corrected chi connectivity index (χ1v) is 17.5. The van der Waals surface area contributed by atoms with Crippen molar-refractivity contribution in [3.63, 3.8) is 0 Å². The van der Waals surface area contributed by atoms with Gasteiger partial charge in [-0.3, -0.25) is 0 Å². The Morgan fingerprint density at radius 1 is 0.365 bits per heavy atom. The molecule has 0 fully saturated rings. The van der Waals surface area contributed by atoms with Gasteiger partial charge < -0.3 is 0 Å². The second-order valence-corrected chi connectivity index (χ2v) is 14.9. The van der Waals surface area contributed by atoms with Gasteiger partial charge in [-0.2, -0.15) is 21.0 Å². The SMILES string of the molecule is Cc1cc2c3c(cc4c(C)cc5c6c(cc1c3c46)B1c3ccc(C#N)cc3-c3cc(C#N)cc-5c31)B1c3ccc(C#N)cc3-c3cc(C#N)cc-2c31. The third-order valence-corrected chi connectivity index (χ3v) is 12.5. The average Bonchev–Trinajstić information content (AvgIpc) is 3.68. The first-order chi connectivity index (χ1) is 25.4. The van der Waals surface area contributed by atoms with Crippen LogP contribution in [0.15, 0.2) is 84.9 Å². The minimum Gasteiger partial charge on any atom is -0.192 e. The molecule has 0 atom stereocenters. The highest BCUT2D eigenvalue weighted by Crippen LogP contribution is 2.48. The molecule has 6 heteroatoms. The summed E-state index contributed by atoms with van der Waals surface area (Å²) in [4.78, 5) is 0. The lowest BCUT2D eigenvalue weighted by atomic mass is 9.34. The molecule has 0 spiro atoms. The van der Waals surface area contributed by atoms with E-state index in [0.717, 1.165) is 44.5 Å². The molecule has 8 aromatic carbocycles. The Morgan fingerprint density at radius 3 is 1.12 bits per heavy atom. The fourth-order valence-corrected chi connectivity index (χ4v) is 10.6. The molecule has 0 bridgehead atoms. The van der Waals surface area contributed by atoms with Gasteiger partial charge in [0.05, 0.1) is 46.5 Å². The topological polar surface area (TPSA) is 95.2 Å². The van der Waals surface area contributed by atoms with Gasteiger partial charge in [-0.05, 0) is 150 Å². The van der Waals surface area contributed by atoms with Crippen molar-refractivity contribution < 1.29 is 0 Å². The van der Waals surface area contributed by atoms with Crippen molar-refractivity contribution in [2.75, 3.05) is 0 Å². The number of nitrogens with zero attached hydrogens (tertiary/aromatic N) is 4. The molecule has 4 nitrogen and oxygen atoms in total. The monoisotopic (exact) mass is 650 g/mol. The fourth-order valence-electron chi connectivity index (χ4n) is 10.6. The zero-order valence-corrected chi connectivity index (χ0v) is 28.0. The molecule has 0 N–H and O–H groups in total. The van der Waals surface area contributed by atoms with E-state index in [-0.39, 0.29) is 13.4 Å². The van der Waals surface area contributed by atoms with E-state index in [1.54, 1.807) is 0 Å². The van der Waals surface area contributed by atoms with Gasteiger partial charge in [-0.15, -0.1) is 0 Å². The van der Waals surface area contributed by atoms with Gasteiger partial charge in [-0.1, -0.05) is 69.2 Å². The third kappa shape index (κ3) is 2.98. The molecule has 0 unspecified atom stereocenters. The van der Waals surface area contributed by atoms with Gasteiger partial charge in [-0.25, -0.2) is 0 Å². The van der Waals surface area contributed by atoms with Gasteiger partial charge in [0.15, 0.2) is 0 Å². The van der Waals surface area contributed by atoms with Crippen LogP contribution in [0.1, 0.15) is 33.4 Å². The van der Waals surface area contributed by atoms with Gasteiger partial charge >= 0.3 is 0 Å². The van der Waals surface area contributed by atoms with Crippen LogP contribution in [0.25, 0.3) is 76.8 Å². The maximum Gasteiger partial charge on any atom is 0.244 e. The van der Waals surface area contributed by atoms with Crippen LogP contribution in [0, 0.1) is 59.2 Å². The molecule has 0 aromatic heterocycles. The number of rotatable bonds is 0. The largest absolute Gasteiger partial charge is 0.244 e. The van der Waals surface area contributed by atoms with Crippen LogP contribution in [0.5, 0.6) is 0 Å². The van der Waals surface area contributed by atoms with Crippen LogP contribution >= 0.6 is 0 Å². The molecule has 230 valence electrons. The van der Waals surface area contributed by atoms with Crippen LogP contribution in [0.2, 0.25) is 0 Å². The van der Waals surface area contributed by atoms with Gasteiger partial charge in [0.25, 0.3) is 0 Å². The van der Waals surface area contributed by atoms with Crippen molar-refractivity contribution in [2.24, 2.45) is 0 Å². The summed E-state index contributed by atoms with van der Waals surface area (Å²) in [6.45, 7) is 4.37. The minimum absolute atomic E-state index is 0.0220. The standard InChI is InChI=1S/C46H20B2N4/c1-21-7-31-35-13-25(19-51)11-33-29-9-24(18-50)4-6-38(29)48(45(33)35)40-16-28-22(2)8-32-36-14-26(20-52)12-34-30-10-23(17-49)3-5-37(30)47(46(34)36)39-15-27(21)43(41(31)40)44(28)42(32)39/h3-16H,1-2H3. The van der Waals surface area contributed by atoms with Crippen molar-refractivity contribution in [1.29, 1.82) is 21.0 Å². The van der Waals surface area contributed by atoms with Crippen molar-refractivity contribution in [3.8, 4) is 68.8 Å². The van der Waals surface area contributed by atoms with E-state index in [0.29, 0.717) is 22.3 Å². The van der Waals surface area contributed by atoms with Crippen molar-refractivity contribution in [2.45, 2.75) is 13.8 Å². The number of benzene rings is 8. The summed E-state index contributed by atoms with van der Waals surface area (Å²) in [6, 6.07) is 39.2. The fraction of sp³-hybridized carbons (Fsp3) is 0.0435. The predicted molar refractivity (Wildman–Crippen MR) is 210 cm³/mol. The lowest BCUT2D eigenvalue weighted by molar-refractivity contribution is 1.48. The molecule has 0 aliphatic carbocycles. The number of hydrogen-bond donors (Lipinski definition) is 0. The smallest absolute Gasteiger partial charge is 0.192 e. The van der Waals surface area contributed by atoms with E-state index in [2.05, 4.69) is 86.7 Å². The minimum atomic E-state index is -0.0220. The number of hydrogen-bond acceptors (Lipinski definition) is 4. The van der Waals surface area contributed by atoms with Crippen molar-refractivity contribution in [3.05, 3.63) is 118 Å². The maximum absolute atomic E-state index is 10.2. The summed E-state index contributed by atoms with van der Waals surface area (Å²) in [6.07, 6.45) is 0. The maximum atomic E-state index is 10.2. The summed E-state index contributed by atoms with van der Waals surface area (Å²) in [5.41, 5.74) is 20.8. The highest BCUT2D eigenvalue weighted by atomic mass is 14.4. The van der Waals surface area contributed by atoms with Crippen LogP contribution in [0.3, 0.4) is 0 Å². The van der Waals surface area contributed by atoms with E-state index >= 15 is 0 Å². The first kappa shape index (κ1) is 27.7. The zero-order chi connectivity index (χ0) is 34.9. The molecular formula is C46H20B2N4. The first-order valence-electron chi connectivity index (χ1n) is 17.5. The molecule has 52 heavy (non-hydrogen) atoms. The van der Waals surface area contributed by atoms with Gasteiger partial charge in [0, 0.05) is 0 Å². The lowest BCUT2D eigenvalue weighted by Gasteiger charge is -2.32. The molecule has 4 aliphatic rings. The molecule has 0 amide bonds. The van der Waals surface area contributed by atoms with E-state index in [4.69, 9.17) is 0 Å². The summed E-state index contributed by atoms with van der Waals surface area (Å²) in [5, 5.41) is 47.6. The van der Waals surface area contributed by atoms with E-state index < -0.39 is 0 Å². The second-order valence-electron chi connectivity index (χ2n) is 14.9. The Labute approximate surface area is 299 Å². The molecule has 12 rings (SSSR count). The number of aryl methyl sites for hydroxylation is 2. The molecule has 8 aromatic rings. The van der Waals surface area contributed by atoms with Crippen LogP contribution in [-0.4, -0.2) is 13.4 Å². The summed E-state index contributed by atoms with van der Waals surface area (Å²) in [5.74, 6) is 0. The van der Waals surface area contributed by atoms with Crippen molar-refractivity contribution >= 4 is 78.5 Å². The molecule has 4 heterocycles. The highest BCUT2D eigenvalue weighted by Gasteiger charge is 2.44. The van der Waals surface area contributed by atoms with E-state index in [1.807, 2.05) is 36.4 Å². The number of fused-ring (bicyclic) bond motifs is 10. The van der Waals surface area contributed by atoms with Gasteiger partial charge in [0.1, 0.15) is 0 Å². The quantitative estimate of drug-likeness (QED) is 0.157. The Bertz CT molecular complexity index is 3100. The molecule has 4 aliphatic heterocycles. The number of nitriles is 4. The van der Waals surface area contributed by atoms with Crippen LogP contribution in [0.4, 0.5) is 0 Å². The molecule has 0 radical (unpaired) electrons. The van der Waals surface area contributed by atoms with Gasteiger partial charge in [0.2, 0.25) is 13.4 Å². The lowest BCUT2D eigenvalue weighted by Crippen LogP contribution is -2.53. The Balaban J connectivity index is 1.28. The zero-order valence-electron chi connectivity index (χ0n) is 28.0. The van der Waals surface area contributed by atoms with Crippen LogP contribution < -0.4 is 32.8 Å². The molecular weight excluding hydrogens is 630 g/mol. The summed E-state index contributed by atoms with van der Waals surface area (Å²) >= 11 is 0. The normalized spacial score (nSPS) is 13.0. The third-order valence-electron chi connectivity index (χ3n) is 12.5. The summed E-state index contributed by atoms with van der Waals surface area (Å²) in [7, 11) is 0. The highest BCUT2D eigenvalue weighted by molar-refractivity contribution is 7.03. The Hall–Kier alpha value is -7.11. The Kier molecular flexibility index (Phi) is 4.77. The molecule has 0 saturated carbocycles. The average molecular weight is 650 g/mol. The second kappa shape index (κ2) is 8.97. The predicted octanol–water partition coefficient (Wildman–Crippen LogP) is 5.64. The summed E-state index contributed by atoms with van der Waals surface area (Å²) < 4.78 is 0. The van der Waals surface area contributed by atoms with Crippen LogP contribution in [-0.2, 0) is 0 Å².